The maximum absolute atomic E-state index is 10.5. The van der Waals surface area contributed by atoms with Crippen LogP contribution in [0.5, 0.6) is 0 Å². The average Bonchev–Trinajstić information content (AvgIpc) is 1.88. The standard InChI is InChI=1S/C6H7NO3/c1-9-4-5-2-3-7-6(8)10-5/h5H,4H2,1H3,(H,7,8)/t5-/m1/s1. The fraction of sp³-hybridized carbons (Fsp3) is 0.500. The first-order valence-corrected chi connectivity index (χ1v) is 2.79. The van der Waals surface area contributed by atoms with Gasteiger partial charge in [-0.25, -0.2) is 10.1 Å². The van der Waals surface area contributed by atoms with Crippen molar-refractivity contribution < 1.29 is 14.3 Å². The number of alkyl carbamates (subject to hydrolysis) is 1. The Morgan fingerprint density at radius 1 is 1.90 bits per heavy atom. The predicted octanol–water partition coefficient (Wildman–Crippen LogP) is -0.298. The Morgan fingerprint density at radius 2 is 2.70 bits per heavy atom. The molecule has 0 fully saturated rings. The van der Waals surface area contributed by atoms with E-state index >= 15 is 0 Å². The molecule has 1 atom stereocenters. The third-order valence-corrected chi connectivity index (χ3v) is 0.965. The van der Waals surface area contributed by atoms with Crippen molar-refractivity contribution in [1.82, 2.24) is 5.32 Å². The van der Waals surface area contributed by atoms with Gasteiger partial charge in [0.05, 0.1) is 6.61 Å². The molecule has 1 N–H and O–H groups in total. The molecule has 1 aliphatic rings. The summed E-state index contributed by atoms with van der Waals surface area (Å²) in [6.07, 6.45) is -0.931. The van der Waals surface area contributed by atoms with Crippen LogP contribution < -0.4 is 5.32 Å². The number of ether oxygens (including phenoxy) is 2. The quantitative estimate of drug-likeness (QED) is 0.537. The molecule has 1 amide bonds. The van der Waals surface area contributed by atoms with Gasteiger partial charge in [-0.05, 0) is 5.92 Å². The number of amides is 1. The summed E-state index contributed by atoms with van der Waals surface area (Å²) >= 11 is 0. The first kappa shape index (κ1) is 6.90. The number of hydrogen-bond acceptors (Lipinski definition) is 3. The molecule has 0 aromatic carbocycles. The Balaban J connectivity index is 2.44. The molecule has 4 nitrogen and oxygen atoms in total. The van der Waals surface area contributed by atoms with Crippen LogP contribution in [-0.2, 0) is 9.47 Å². The first-order valence-electron chi connectivity index (χ1n) is 2.79. The van der Waals surface area contributed by atoms with Crippen molar-refractivity contribution in [3.63, 3.8) is 0 Å². The number of cyclic esters (lactones) is 1. The highest BCUT2D eigenvalue weighted by Gasteiger charge is 2.13. The van der Waals surface area contributed by atoms with Gasteiger partial charge < -0.3 is 9.47 Å². The van der Waals surface area contributed by atoms with E-state index in [0.717, 1.165) is 0 Å². The highest BCUT2D eigenvalue weighted by atomic mass is 16.6. The van der Waals surface area contributed by atoms with E-state index in [4.69, 9.17) is 4.74 Å². The van der Waals surface area contributed by atoms with E-state index < -0.39 is 12.2 Å². The lowest BCUT2D eigenvalue weighted by Gasteiger charge is -2.12. The monoisotopic (exact) mass is 141 g/mol. The molecule has 0 saturated heterocycles. The molecule has 0 bridgehead atoms. The summed E-state index contributed by atoms with van der Waals surface area (Å²) in [7, 11) is 1.53. The van der Waals surface area contributed by atoms with E-state index in [1.54, 1.807) is 0 Å². The molecule has 54 valence electrons. The Hall–Kier alpha value is -1.21. The molecule has 1 aliphatic heterocycles. The van der Waals surface area contributed by atoms with Gasteiger partial charge in [-0.2, -0.15) is 0 Å². The number of carbonyl (C=O) groups is 1. The minimum atomic E-state index is -0.513. The summed E-state index contributed by atoms with van der Waals surface area (Å²) in [5.74, 6) is 2.62. The summed E-state index contributed by atoms with van der Waals surface area (Å²) in [6, 6.07) is 2.41. The second kappa shape index (κ2) is 3.08. The number of nitrogens with one attached hydrogen (secondary N) is 1. The van der Waals surface area contributed by atoms with E-state index in [9.17, 15) is 4.79 Å². The second-order valence-corrected chi connectivity index (χ2v) is 1.74. The van der Waals surface area contributed by atoms with Crippen LogP contribution in [-0.4, -0.2) is 25.9 Å². The SMILES string of the molecule is COC[C@H]1C#CNC(=O)O1. The fourth-order valence-electron chi connectivity index (χ4n) is 0.583. The van der Waals surface area contributed by atoms with Crippen LogP contribution in [0.4, 0.5) is 4.79 Å². The van der Waals surface area contributed by atoms with Crippen molar-refractivity contribution in [1.29, 1.82) is 0 Å². The summed E-state index contributed by atoms with van der Waals surface area (Å²) in [5, 5.41) is 2.19. The van der Waals surface area contributed by atoms with Gasteiger partial charge in [0.15, 0.2) is 6.10 Å². The van der Waals surface area contributed by atoms with Crippen molar-refractivity contribution in [2.75, 3.05) is 13.7 Å². The molecule has 10 heavy (non-hydrogen) atoms. The maximum atomic E-state index is 10.5. The number of methoxy groups -OCH3 is 1. The average molecular weight is 141 g/mol. The minimum Gasteiger partial charge on any atom is -0.430 e. The topological polar surface area (TPSA) is 47.6 Å². The molecule has 0 aromatic rings. The highest BCUT2D eigenvalue weighted by molar-refractivity contribution is 5.71. The Morgan fingerprint density at radius 3 is 3.30 bits per heavy atom. The third kappa shape index (κ3) is 1.64. The van der Waals surface area contributed by atoms with Gasteiger partial charge in [-0.15, -0.1) is 0 Å². The van der Waals surface area contributed by atoms with Gasteiger partial charge in [-0.1, -0.05) is 0 Å². The van der Waals surface area contributed by atoms with Crippen LogP contribution in [0.15, 0.2) is 0 Å². The molecule has 0 radical (unpaired) electrons. The summed E-state index contributed by atoms with van der Waals surface area (Å²) in [6.45, 7) is 0.320. The molecular formula is C6H7NO3. The van der Waals surface area contributed by atoms with E-state index in [0.29, 0.717) is 6.61 Å². The van der Waals surface area contributed by atoms with Crippen LogP contribution in [0, 0.1) is 12.0 Å². The van der Waals surface area contributed by atoms with E-state index in [1.165, 1.54) is 7.11 Å². The van der Waals surface area contributed by atoms with Gasteiger partial charge >= 0.3 is 6.09 Å². The predicted molar refractivity (Wildman–Crippen MR) is 33.1 cm³/mol. The molecule has 0 saturated carbocycles. The zero-order chi connectivity index (χ0) is 7.40. The van der Waals surface area contributed by atoms with Gasteiger partial charge in [0.25, 0.3) is 0 Å². The number of hydrogen-bond donors (Lipinski definition) is 1. The van der Waals surface area contributed by atoms with Gasteiger partial charge in [0, 0.05) is 13.2 Å². The summed E-state index contributed by atoms with van der Waals surface area (Å²) < 4.78 is 9.40. The molecule has 1 heterocycles. The van der Waals surface area contributed by atoms with E-state index in [-0.39, 0.29) is 0 Å². The summed E-state index contributed by atoms with van der Waals surface area (Å²) in [4.78, 5) is 10.5. The first-order chi connectivity index (χ1) is 4.83. The van der Waals surface area contributed by atoms with E-state index in [2.05, 4.69) is 22.0 Å². The lowest BCUT2D eigenvalue weighted by molar-refractivity contribution is 0.0668. The molecule has 4 heteroatoms. The Bertz CT molecular complexity index is 191. The molecule has 0 aromatic heterocycles. The largest absolute Gasteiger partial charge is 0.430 e. The third-order valence-electron chi connectivity index (χ3n) is 0.965. The van der Waals surface area contributed by atoms with Crippen molar-refractivity contribution >= 4 is 6.09 Å². The Kier molecular flexibility index (Phi) is 2.13. The van der Waals surface area contributed by atoms with Crippen LogP contribution in [0.3, 0.4) is 0 Å². The molecule has 1 rings (SSSR count). The van der Waals surface area contributed by atoms with Crippen molar-refractivity contribution in [3.05, 3.63) is 0 Å². The highest BCUT2D eigenvalue weighted by Crippen LogP contribution is 1.94. The lowest BCUT2D eigenvalue weighted by atomic mass is 10.4. The molecule has 0 aliphatic carbocycles. The molecule has 0 spiro atoms. The van der Waals surface area contributed by atoms with Gasteiger partial charge in [-0.3, -0.25) is 0 Å². The number of rotatable bonds is 2. The zero-order valence-corrected chi connectivity index (χ0v) is 5.51. The van der Waals surface area contributed by atoms with Crippen molar-refractivity contribution in [2.24, 2.45) is 0 Å². The maximum Gasteiger partial charge on any atom is 0.420 e. The van der Waals surface area contributed by atoms with Gasteiger partial charge in [0.2, 0.25) is 0 Å². The second-order valence-electron chi connectivity index (χ2n) is 1.74. The normalized spacial score (nSPS) is 22.1. The summed E-state index contributed by atoms with van der Waals surface area (Å²) in [5.41, 5.74) is 0. The van der Waals surface area contributed by atoms with E-state index in [1.807, 2.05) is 0 Å². The Labute approximate surface area is 58.5 Å². The minimum absolute atomic E-state index is 0.320. The zero-order valence-electron chi connectivity index (χ0n) is 5.51. The van der Waals surface area contributed by atoms with Crippen molar-refractivity contribution in [3.8, 4) is 12.0 Å². The fourth-order valence-corrected chi connectivity index (χ4v) is 0.583. The molecular weight excluding hydrogens is 134 g/mol. The smallest absolute Gasteiger partial charge is 0.420 e. The number of carbonyl (C=O) groups excluding carboxylic acids is 1. The van der Waals surface area contributed by atoms with Crippen LogP contribution in [0.25, 0.3) is 0 Å². The van der Waals surface area contributed by atoms with Crippen LogP contribution in [0.2, 0.25) is 0 Å². The molecule has 0 unspecified atom stereocenters. The van der Waals surface area contributed by atoms with Crippen LogP contribution in [0.1, 0.15) is 0 Å². The van der Waals surface area contributed by atoms with Crippen LogP contribution >= 0.6 is 0 Å². The van der Waals surface area contributed by atoms with Crippen molar-refractivity contribution in [2.45, 2.75) is 6.10 Å². The lowest BCUT2D eigenvalue weighted by Crippen LogP contribution is -2.31. The van der Waals surface area contributed by atoms with Gasteiger partial charge in [0.1, 0.15) is 0 Å².